The predicted octanol–water partition coefficient (Wildman–Crippen LogP) is 4.97. The van der Waals surface area contributed by atoms with E-state index < -0.39 is 28.8 Å². The molecular formula is C29H28FN7O3. The number of nitriles is 2. The normalized spacial score (nSPS) is 18.7. The summed E-state index contributed by atoms with van der Waals surface area (Å²) in [6.45, 7) is 8.07. The fourth-order valence-corrected chi connectivity index (χ4v) is 5.08. The first-order chi connectivity index (χ1) is 18.9. The van der Waals surface area contributed by atoms with E-state index in [1.165, 1.54) is 28.9 Å². The topological polar surface area (TPSA) is 128 Å². The average Bonchev–Trinajstić information content (AvgIpc) is 3.52. The van der Waals surface area contributed by atoms with Crippen LogP contribution in [-0.2, 0) is 11.3 Å². The number of anilines is 1. The Morgan fingerprint density at radius 1 is 1.20 bits per heavy atom. The van der Waals surface area contributed by atoms with Gasteiger partial charge in [0.1, 0.15) is 11.4 Å². The number of hydrogen-bond donors (Lipinski definition) is 0. The summed E-state index contributed by atoms with van der Waals surface area (Å²) in [5.74, 6) is -0.637. The van der Waals surface area contributed by atoms with Gasteiger partial charge in [-0.3, -0.25) is 4.79 Å². The van der Waals surface area contributed by atoms with E-state index in [1.54, 1.807) is 33.0 Å². The molecule has 1 atom stereocenters. The molecule has 2 amide bonds. The minimum atomic E-state index is -0.828. The number of amides is 2. The Hall–Kier alpha value is -4.77. The molecule has 0 N–H and O–H groups in total. The van der Waals surface area contributed by atoms with E-state index in [4.69, 9.17) is 9.84 Å². The number of ether oxygens (including phenoxy) is 1. The zero-order valence-electron chi connectivity index (χ0n) is 22.7. The fourth-order valence-electron chi connectivity index (χ4n) is 5.08. The van der Waals surface area contributed by atoms with Crippen molar-refractivity contribution in [2.75, 3.05) is 18.0 Å². The minimum Gasteiger partial charge on any atom is -0.443 e. The van der Waals surface area contributed by atoms with Gasteiger partial charge < -0.3 is 9.64 Å². The smallest absolute Gasteiger partial charge is 0.417 e. The molecular weight excluding hydrogens is 513 g/mol. The molecule has 0 bridgehead atoms. The molecule has 1 unspecified atom stereocenters. The molecule has 10 nitrogen and oxygen atoms in total. The number of nitrogens with zero attached hydrogens (tertiary/aromatic N) is 7. The third kappa shape index (κ3) is 4.87. The van der Waals surface area contributed by atoms with Crippen LogP contribution < -0.4 is 4.90 Å². The number of halogens is 1. The Morgan fingerprint density at radius 3 is 2.67 bits per heavy atom. The average molecular weight is 542 g/mol. The maximum atomic E-state index is 15.0. The van der Waals surface area contributed by atoms with Crippen molar-refractivity contribution in [1.29, 1.82) is 10.5 Å². The van der Waals surface area contributed by atoms with Gasteiger partial charge in [-0.25, -0.2) is 23.8 Å². The van der Waals surface area contributed by atoms with Crippen molar-refractivity contribution in [3.63, 3.8) is 0 Å². The first-order valence-electron chi connectivity index (χ1n) is 12.9. The Balaban J connectivity index is 1.62. The lowest BCUT2D eigenvalue weighted by Crippen LogP contribution is -2.41. The molecule has 2 aliphatic rings. The van der Waals surface area contributed by atoms with Crippen LogP contribution in [0.5, 0.6) is 0 Å². The maximum absolute atomic E-state index is 15.0. The van der Waals surface area contributed by atoms with Crippen molar-refractivity contribution in [2.24, 2.45) is 5.41 Å². The number of fused-ring (bicyclic) bond motifs is 1. The van der Waals surface area contributed by atoms with Gasteiger partial charge in [0, 0.05) is 25.4 Å². The summed E-state index contributed by atoms with van der Waals surface area (Å²) in [5, 5.41) is 24.0. The molecule has 2 aliphatic heterocycles. The molecule has 40 heavy (non-hydrogen) atoms. The van der Waals surface area contributed by atoms with E-state index in [0.29, 0.717) is 12.4 Å². The second kappa shape index (κ2) is 9.76. The van der Waals surface area contributed by atoms with Crippen LogP contribution in [-0.4, -0.2) is 50.4 Å². The predicted molar refractivity (Wildman–Crippen MR) is 143 cm³/mol. The first kappa shape index (κ1) is 26.8. The zero-order valence-corrected chi connectivity index (χ0v) is 22.7. The standard InChI is InChI=1S/C29H28FN7O3/c1-28(2,3)40-27(39)36-15-21-25(26(36)38)22(13-20(33-21)24-18(14-31)7-5-8-19(24)30)37-12-9-23(34-37)35-11-6-10-29(4,16-32)17-35/h5,7-9,12-13H,6,10-11,15,17H2,1-4H3. The van der Waals surface area contributed by atoms with E-state index in [2.05, 4.69) is 11.1 Å². The molecule has 0 spiro atoms. The molecule has 0 radical (unpaired) electrons. The van der Waals surface area contributed by atoms with Crippen molar-refractivity contribution in [2.45, 2.75) is 52.7 Å². The second-order valence-electron chi connectivity index (χ2n) is 11.3. The van der Waals surface area contributed by atoms with E-state index >= 15 is 4.39 Å². The van der Waals surface area contributed by atoms with Crippen LogP contribution in [0.15, 0.2) is 36.5 Å². The number of carbonyl (C=O) groups excluding carboxylic acids is 2. The maximum Gasteiger partial charge on any atom is 0.417 e. The Bertz CT molecular complexity index is 1610. The Labute approximate surface area is 231 Å². The van der Waals surface area contributed by atoms with Crippen molar-refractivity contribution in [3.8, 4) is 29.1 Å². The van der Waals surface area contributed by atoms with E-state index in [-0.39, 0.29) is 40.3 Å². The number of rotatable bonds is 3. The number of hydrogen-bond acceptors (Lipinski definition) is 8. The van der Waals surface area contributed by atoms with Gasteiger partial charge in [-0.2, -0.15) is 15.6 Å². The third-order valence-electron chi connectivity index (χ3n) is 6.96. The van der Waals surface area contributed by atoms with Gasteiger partial charge in [-0.05, 0) is 58.7 Å². The molecule has 0 saturated carbocycles. The lowest BCUT2D eigenvalue weighted by atomic mass is 9.83. The summed E-state index contributed by atoms with van der Waals surface area (Å²) in [5.41, 5.74) is -0.463. The summed E-state index contributed by atoms with van der Waals surface area (Å²) in [6.07, 6.45) is 2.47. The molecule has 1 fully saturated rings. The number of piperidine rings is 1. The van der Waals surface area contributed by atoms with E-state index in [1.807, 2.05) is 17.9 Å². The number of pyridine rings is 1. The van der Waals surface area contributed by atoms with Crippen LogP contribution in [0.4, 0.5) is 15.0 Å². The highest BCUT2D eigenvalue weighted by Gasteiger charge is 2.39. The summed E-state index contributed by atoms with van der Waals surface area (Å²) < 4.78 is 22.0. The molecule has 1 aromatic carbocycles. The van der Waals surface area contributed by atoms with Crippen molar-refractivity contribution in [1.82, 2.24) is 19.7 Å². The van der Waals surface area contributed by atoms with Crippen LogP contribution in [0, 0.1) is 33.9 Å². The lowest BCUT2D eigenvalue weighted by Gasteiger charge is -2.36. The first-order valence-corrected chi connectivity index (χ1v) is 12.9. The minimum absolute atomic E-state index is 0.00888. The summed E-state index contributed by atoms with van der Waals surface area (Å²) >= 11 is 0. The van der Waals surface area contributed by atoms with Gasteiger partial charge in [0.2, 0.25) is 0 Å². The highest BCUT2D eigenvalue weighted by Crippen LogP contribution is 2.35. The molecule has 2 aromatic heterocycles. The van der Waals surface area contributed by atoms with Crippen LogP contribution in [0.25, 0.3) is 16.9 Å². The molecule has 0 aliphatic carbocycles. The van der Waals surface area contributed by atoms with Crippen LogP contribution in [0.2, 0.25) is 0 Å². The summed E-state index contributed by atoms with van der Waals surface area (Å²) in [6, 6.07) is 11.8. The molecule has 11 heteroatoms. The summed E-state index contributed by atoms with van der Waals surface area (Å²) in [7, 11) is 0. The Morgan fingerprint density at radius 2 is 1.98 bits per heavy atom. The van der Waals surface area contributed by atoms with Gasteiger partial charge in [0.15, 0.2) is 5.82 Å². The van der Waals surface area contributed by atoms with Crippen molar-refractivity contribution in [3.05, 3.63) is 59.2 Å². The molecule has 1 saturated heterocycles. The van der Waals surface area contributed by atoms with Crippen LogP contribution >= 0.6 is 0 Å². The van der Waals surface area contributed by atoms with Gasteiger partial charge in [-0.15, -0.1) is 0 Å². The molecule has 4 heterocycles. The number of aromatic nitrogens is 3. The summed E-state index contributed by atoms with van der Waals surface area (Å²) in [4.78, 5) is 34.0. The van der Waals surface area contributed by atoms with Crippen molar-refractivity contribution < 1.29 is 18.7 Å². The van der Waals surface area contributed by atoms with Gasteiger partial charge in [0.05, 0.1) is 57.9 Å². The highest BCUT2D eigenvalue weighted by atomic mass is 19.1. The third-order valence-corrected chi connectivity index (χ3v) is 6.96. The molecule has 3 aromatic rings. The highest BCUT2D eigenvalue weighted by molar-refractivity contribution is 6.08. The van der Waals surface area contributed by atoms with Crippen LogP contribution in [0.1, 0.15) is 62.2 Å². The molecule has 5 rings (SSSR count). The quantitative estimate of drug-likeness (QED) is 0.455. The fraction of sp³-hybridized carbons (Fsp3) is 0.379. The van der Waals surface area contributed by atoms with Crippen molar-refractivity contribution >= 4 is 17.8 Å². The number of benzene rings is 1. The molecule has 204 valence electrons. The largest absolute Gasteiger partial charge is 0.443 e. The number of carbonyl (C=O) groups is 2. The van der Waals surface area contributed by atoms with E-state index in [0.717, 1.165) is 24.3 Å². The number of imide groups is 1. The lowest BCUT2D eigenvalue weighted by molar-refractivity contribution is 0.0247. The van der Waals surface area contributed by atoms with Crippen LogP contribution in [0.3, 0.4) is 0 Å². The SMILES string of the molecule is CC1(C#N)CCCN(c2ccn(-c3cc(-c4c(F)cccc4C#N)nc4c3C(=O)N(C(=O)OC(C)(C)C)C4)n2)C1. The van der Waals surface area contributed by atoms with E-state index in [9.17, 15) is 20.1 Å². The zero-order chi connectivity index (χ0) is 28.8. The van der Waals surface area contributed by atoms with Gasteiger partial charge in [0.25, 0.3) is 5.91 Å². The van der Waals surface area contributed by atoms with Gasteiger partial charge >= 0.3 is 6.09 Å². The second-order valence-corrected chi connectivity index (χ2v) is 11.3. The monoisotopic (exact) mass is 541 g/mol. The Kier molecular flexibility index (Phi) is 6.54. The van der Waals surface area contributed by atoms with Gasteiger partial charge in [-0.1, -0.05) is 6.07 Å².